The number of carbonyl (C=O) groups is 1. The zero-order chi connectivity index (χ0) is 12.1. The predicted octanol–water partition coefficient (Wildman–Crippen LogP) is 1.99. The molecule has 0 fully saturated rings. The number of furan rings is 1. The molecule has 0 aliphatic carbocycles. The van der Waals surface area contributed by atoms with Gasteiger partial charge in [0.2, 0.25) is 0 Å². The average molecular weight is 230 g/mol. The van der Waals surface area contributed by atoms with Gasteiger partial charge in [-0.05, 0) is 36.2 Å². The highest BCUT2D eigenvalue weighted by Gasteiger charge is 2.13. The van der Waals surface area contributed by atoms with E-state index in [9.17, 15) is 4.79 Å². The van der Waals surface area contributed by atoms with Crippen molar-refractivity contribution in [2.75, 3.05) is 13.6 Å². The Morgan fingerprint density at radius 2 is 2.12 bits per heavy atom. The second-order valence-corrected chi connectivity index (χ2v) is 3.81. The summed E-state index contributed by atoms with van der Waals surface area (Å²) in [5.41, 5.74) is 1.17. The molecule has 4 heteroatoms. The van der Waals surface area contributed by atoms with Gasteiger partial charge in [0.15, 0.2) is 5.76 Å². The Bertz CT molecular complexity index is 465. The molecule has 2 rings (SSSR count). The van der Waals surface area contributed by atoms with Gasteiger partial charge in [-0.1, -0.05) is 0 Å². The molecular weight excluding hydrogens is 216 g/mol. The maximum atomic E-state index is 11.8. The van der Waals surface area contributed by atoms with Gasteiger partial charge in [0.1, 0.15) is 0 Å². The molecule has 0 saturated heterocycles. The lowest BCUT2D eigenvalue weighted by Gasteiger charge is -2.15. The van der Waals surface area contributed by atoms with Gasteiger partial charge in [-0.2, -0.15) is 0 Å². The smallest absolute Gasteiger partial charge is 0.289 e. The van der Waals surface area contributed by atoms with E-state index in [0.717, 1.165) is 6.42 Å². The topological polar surface area (TPSA) is 46.3 Å². The first-order valence-corrected chi connectivity index (χ1v) is 5.45. The summed E-state index contributed by atoms with van der Waals surface area (Å²) in [5.74, 6) is 0.284. The third kappa shape index (κ3) is 2.93. The Morgan fingerprint density at radius 3 is 2.76 bits per heavy atom. The quantitative estimate of drug-likeness (QED) is 0.807. The summed E-state index contributed by atoms with van der Waals surface area (Å²) in [7, 11) is 1.77. The lowest BCUT2D eigenvalue weighted by Crippen LogP contribution is -2.28. The van der Waals surface area contributed by atoms with Crippen LogP contribution in [0.4, 0.5) is 0 Å². The largest absolute Gasteiger partial charge is 0.459 e. The first-order valence-electron chi connectivity index (χ1n) is 5.45. The first kappa shape index (κ1) is 11.4. The van der Waals surface area contributed by atoms with E-state index in [1.807, 2.05) is 12.1 Å². The predicted molar refractivity (Wildman–Crippen MR) is 63.6 cm³/mol. The van der Waals surface area contributed by atoms with Gasteiger partial charge < -0.3 is 9.32 Å². The second kappa shape index (κ2) is 5.30. The minimum atomic E-state index is -0.0935. The number of pyridine rings is 1. The van der Waals surface area contributed by atoms with Crippen LogP contribution in [0.1, 0.15) is 16.1 Å². The van der Waals surface area contributed by atoms with Crippen LogP contribution in [0.25, 0.3) is 0 Å². The van der Waals surface area contributed by atoms with Gasteiger partial charge in [0, 0.05) is 26.0 Å². The fourth-order valence-electron chi connectivity index (χ4n) is 1.54. The van der Waals surface area contributed by atoms with E-state index in [4.69, 9.17) is 4.42 Å². The molecule has 0 aromatic carbocycles. The number of rotatable bonds is 4. The molecule has 0 bridgehead atoms. The van der Waals surface area contributed by atoms with E-state index in [2.05, 4.69) is 4.98 Å². The SMILES string of the molecule is CN(CCc1ccncc1)C(=O)c1ccco1. The molecule has 0 atom stereocenters. The highest BCUT2D eigenvalue weighted by Crippen LogP contribution is 2.05. The molecule has 0 spiro atoms. The van der Waals surface area contributed by atoms with Crippen LogP contribution in [0, 0.1) is 0 Å². The van der Waals surface area contributed by atoms with Crippen molar-refractivity contribution in [3.05, 3.63) is 54.2 Å². The Morgan fingerprint density at radius 1 is 1.35 bits per heavy atom. The summed E-state index contributed by atoms with van der Waals surface area (Å²) in [6.07, 6.45) is 5.82. The van der Waals surface area contributed by atoms with E-state index < -0.39 is 0 Å². The molecule has 0 N–H and O–H groups in total. The van der Waals surface area contributed by atoms with E-state index >= 15 is 0 Å². The number of nitrogens with zero attached hydrogens (tertiary/aromatic N) is 2. The fourth-order valence-corrected chi connectivity index (χ4v) is 1.54. The van der Waals surface area contributed by atoms with Crippen molar-refractivity contribution in [1.29, 1.82) is 0 Å². The van der Waals surface area contributed by atoms with Crippen LogP contribution in [0.5, 0.6) is 0 Å². The van der Waals surface area contributed by atoms with Gasteiger partial charge in [0.25, 0.3) is 5.91 Å². The lowest BCUT2D eigenvalue weighted by molar-refractivity contribution is 0.0765. The van der Waals surface area contributed by atoms with E-state index in [0.29, 0.717) is 12.3 Å². The molecule has 17 heavy (non-hydrogen) atoms. The van der Waals surface area contributed by atoms with Gasteiger partial charge >= 0.3 is 0 Å². The van der Waals surface area contributed by atoms with Gasteiger partial charge in [-0.15, -0.1) is 0 Å². The average Bonchev–Trinajstić information content (AvgIpc) is 2.90. The maximum Gasteiger partial charge on any atom is 0.289 e. The fraction of sp³-hybridized carbons (Fsp3) is 0.231. The highest BCUT2D eigenvalue weighted by atomic mass is 16.3. The Balaban J connectivity index is 1.90. The highest BCUT2D eigenvalue weighted by molar-refractivity contribution is 5.91. The summed E-state index contributed by atoms with van der Waals surface area (Å²) >= 11 is 0. The van der Waals surface area contributed by atoms with E-state index in [-0.39, 0.29) is 5.91 Å². The van der Waals surface area contributed by atoms with Gasteiger partial charge in [-0.25, -0.2) is 0 Å². The van der Waals surface area contributed by atoms with Crippen LogP contribution < -0.4 is 0 Å². The van der Waals surface area contributed by atoms with Crippen molar-refractivity contribution in [2.24, 2.45) is 0 Å². The number of likely N-dealkylation sites (N-methyl/N-ethyl adjacent to an activating group) is 1. The number of amides is 1. The Kier molecular flexibility index (Phi) is 3.55. The van der Waals surface area contributed by atoms with Crippen molar-refractivity contribution in [2.45, 2.75) is 6.42 Å². The summed E-state index contributed by atoms with van der Waals surface area (Å²) in [4.78, 5) is 17.5. The van der Waals surface area contributed by atoms with Crippen molar-refractivity contribution < 1.29 is 9.21 Å². The minimum Gasteiger partial charge on any atom is -0.459 e. The van der Waals surface area contributed by atoms with Crippen molar-refractivity contribution in [3.8, 4) is 0 Å². The number of hydrogen-bond acceptors (Lipinski definition) is 3. The number of aromatic nitrogens is 1. The van der Waals surface area contributed by atoms with Crippen LogP contribution >= 0.6 is 0 Å². The van der Waals surface area contributed by atoms with E-state index in [1.54, 1.807) is 36.5 Å². The molecule has 2 aromatic heterocycles. The monoisotopic (exact) mass is 230 g/mol. The minimum absolute atomic E-state index is 0.0935. The molecule has 1 amide bonds. The molecule has 0 aliphatic rings. The van der Waals surface area contributed by atoms with Crippen LogP contribution in [0.15, 0.2) is 47.3 Å². The van der Waals surface area contributed by atoms with Crippen LogP contribution in [0.2, 0.25) is 0 Å². The molecule has 2 aromatic rings. The summed E-state index contributed by atoms with van der Waals surface area (Å²) in [6.45, 7) is 0.656. The third-order valence-electron chi connectivity index (χ3n) is 2.56. The molecule has 0 unspecified atom stereocenters. The molecule has 0 radical (unpaired) electrons. The third-order valence-corrected chi connectivity index (χ3v) is 2.56. The summed E-state index contributed by atoms with van der Waals surface area (Å²) in [6, 6.07) is 7.28. The Labute approximate surface area is 99.9 Å². The second-order valence-electron chi connectivity index (χ2n) is 3.81. The van der Waals surface area contributed by atoms with Crippen LogP contribution in [0.3, 0.4) is 0 Å². The summed E-state index contributed by atoms with van der Waals surface area (Å²) < 4.78 is 5.07. The van der Waals surface area contributed by atoms with Crippen molar-refractivity contribution >= 4 is 5.91 Å². The van der Waals surface area contributed by atoms with Gasteiger partial charge in [0.05, 0.1) is 6.26 Å². The first-order chi connectivity index (χ1) is 8.27. The van der Waals surface area contributed by atoms with Crippen LogP contribution in [-0.2, 0) is 6.42 Å². The molecular formula is C13H14N2O2. The molecule has 4 nitrogen and oxygen atoms in total. The summed E-state index contributed by atoms with van der Waals surface area (Å²) in [5, 5.41) is 0. The van der Waals surface area contributed by atoms with Crippen LogP contribution in [-0.4, -0.2) is 29.4 Å². The van der Waals surface area contributed by atoms with Crippen molar-refractivity contribution in [3.63, 3.8) is 0 Å². The van der Waals surface area contributed by atoms with Crippen molar-refractivity contribution in [1.82, 2.24) is 9.88 Å². The molecule has 0 aliphatic heterocycles. The number of hydrogen-bond donors (Lipinski definition) is 0. The van der Waals surface area contributed by atoms with Gasteiger partial charge in [-0.3, -0.25) is 9.78 Å². The zero-order valence-electron chi connectivity index (χ0n) is 9.67. The normalized spacial score (nSPS) is 10.2. The molecule has 88 valence electrons. The number of carbonyl (C=O) groups excluding carboxylic acids is 1. The molecule has 2 heterocycles. The standard InChI is InChI=1S/C13H14N2O2/c1-15(13(16)12-3-2-10-17-12)9-6-11-4-7-14-8-5-11/h2-5,7-8,10H,6,9H2,1H3. The maximum absolute atomic E-state index is 11.8. The van der Waals surface area contributed by atoms with E-state index in [1.165, 1.54) is 11.8 Å². The molecule has 0 saturated carbocycles. The zero-order valence-corrected chi connectivity index (χ0v) is 9.67. The Hall–Kier alpha value is -2.10. The lowest BCUT2D eigenvalue weighted by atomic mass is 10.2.